The summed E-state index contributed by atoms with van der Waals surface area (Å²) in [6.45, 7) is 1.12. The Balaban J connectivity index is 1.53. The number of hydrogen-bond donors (Lipinski definition) is 0. The van der Waals surface area contributed by atoms with Gasteiger partial charge in [-0.15, -0.1) is 0 Å². The summed E-state index contributed by atoms with van der Waals surface area (Å²) < 4.78 is 5.23. The third-order valence-corrected chi connectivity index (χ3v) is 4.99. The highest BCUT2D eigenvalue weighted by Crippen LogP contribution is 2.33. The van der Waals surface area contributed by atoms with E-state index in [1.54, 1.807) is 12.0 Å². The lowest BCUT2D eigenvalue weighted by Gasteiger charge is -2.22. The standard InChI is InChI=1S/C20H20N2O3/c1-25-17-7-4-6-16(12-17)22-13-15(11-19(22)23)20(24)21-10-9-14-5-2-3-8-18(14)21/h2-8,12,15H,9-11,13H2,1H3/t15-/m0/s1. The molecule has 2 aromatic carbocycles. The molecule has 0 spiro atoms. The van der Waals surface area contributed by atoms with Crippen LogP contribution in [0.3, 0.4) is 0 Å². The Labute approximate surface area is 146 Å². The monoisotopic (exact) mass is 336 g/mol. The molecule has 4 rings (SSSR count). The van der Waals surface area contributed by atoms with Crippen molar-refractivity contribution in [1.82, 2.24) is 0 Å². The maximum Gasteiger partial charge on any atom is 0.232 e. The molecule has 0 unspecified atom stereocenters. The number of para-hydroxylation sites is 1. The summed E-state index contributed by atoms with van der Waals surface area (Å²) >= 11 is 0. The Hall–Kier alpha value is -2.82. The molecule has 128 valence electrons. The predicted molar refractivity (Wildman–Crippen MR) is 96.0 cm³/mol. The lowest BCUT2D eigenvalue weighted by Crippen LogP contribution is -2.36. The number of hydrogen-bond acceptors (Lipinski definition) is 3. The summed E-state index contributed by atoms with van der Waals surface area (Å²) in [6.07, 6.45) is 1.14. The van der Waals surface area contributed by atoms with Crippen LogP contribution in [-0.2, 0) is 16.0 Å². The number of fused-ring (bicyclic) bond motifs is 1. The molecule has 1 saturated heterocycles. The lowest BCUT2D eigenvalue weighted by atomic mass is 10.1. The van der Waals surface area contributed by atoms with Crippen LogP contribution >= 0.6 is 0 Å². The number of carbonyl (C=O) groups excluding carboxylic acids is 2. The van der Waals surface area contributed by atoms with E-state index in [-0.39, 0.29) is 24.2 Å². The molecule has 25 heavy (non-hydrogen) atoms. The lowest BCUT2D eigenvalue weighted by molar-refractivity contribution is -0.124. The zero-order chi connectivity index (χ0) is 17.4. The maximum atomic E-state index is 13.0. The van der Waals surface area contributed by atoms with Gasteiger partial charge in [-0.05, 0) is 30.2 Å². The second-order valence-electron chi connectivity index (χ2n) is 6.48. The molecule has 2 aromatic rings. The molecule has 2 aliphatic rings. The zero-order valence-electron chi connectivity index (χ0n) is 14.1. The van der Waals surface area contributed by atoms with Crippen molar-refractivity contribution < 1.29 is 14.3 Å². The van der Waals surface area contributed by atoms with E-state index in [1.165, 1.54) is 5.56 Å². The normalized spacial score (nSPS) is 19.2. The van der Waals surface area contributed by atoms with Gasteiger partial charge in [-0.25, -0.2) is 0 Å². The summed E-state index contributed by atoms with van der Waals surface area (Å²) in [5, 5.41) is 0. The summed E-state index contributed by atoms with van der Waals surface area (Å²) in [5.41, 5.74) is 2.96. The molecule has 1 atom stereocenters. The fraction of sp³-hybridized carbons (Fsp3) is 0.300. The van der Waals surface area contributed by atoms with Crippen molar-refractivity contribution in [3.63, 3.8) is 0 Å². The molecular weight excluding hydrogens is 316 g/mol. The Morgan fingerprint density at radius 1 is 1.16 bits per heavy atom. The third-order valence-electron chi connectivity index (χ3n) is 4.99. The van der Waals surface area contributed by atoms with E-state index in [0.717, 1.165) is 17.8 Å². The van der Waals surface area contributed by atoms with Gasteiger partial charge in [0.05, 0.1) is 13.0 Å². The molecule has 0 bridgehead atoms. The summed E-state index contributed by atoms with van der Waals surface area (Å²) in [7, 11) is 1.60. The molecule has 0 saturated carbocycles. The van der Waals surface area contributed by atoms with Crippen LogP contribution in [0.1, 0.15) is 12.0 Å². The number of benzene rings is 2. The second-order valence-corrected chi connectivity index (χ2v) is 6.48. The van der Waals surface area contributed by atoms with Crippen molar-refractivity contribution in [2.75, 3.05) is 30.0 Å². The van der Waals surface area contributed by atoms with Gasteiger partial charge in [0.1, 0.15) is 5.75 Å². The van der Waals surface area contributed by atoms with Crippen LogP contribution < -0.4 is 14.5 Å². The number of nitrogens with zero attached hydrogens (tertiary/aromatic N) is 2. The molecule has 0 aliphatic carbocycles. The van der Waals surface area contributed by atoms with E-state index in [0.29, 0.717) is 18.8 Å². The van der Waals surface area contributed by atoms with E-state index in [9.17, 15) is 9.59 Å². The molecular formula is C20H20N2O3. The number of carbonyl (C=O) groups is 2. The first-order chi connectivity index (χ1) is 12.2. The Kier molecular flexibility index (Phi) is 3.92. The molecule has 0 radical (unpaired) electrons. The van der Waals surface area contributed by atoms with Crippen molar-refractivity contribution >= 4 is 23.2 Å². The highest BCUT2D eigenvalue weighted by atomic mass is 16.5. The largest absolute Gasteiger partial charge is 0.497 e. The maximum absolute atomic E-state index is 13.0. The van der Waals surface area contributed by atoms with E-state index < -0.39 is 0 Å². The quantitative estimate of drug-likeness (QED) is 0.866. The van der Waals surface area contributed by atoms with Crippen molar-refractivity contribution in [1.29, 1.82) is 0 Å². The smallest absolute Gasteiger partial charge is 0.232 e. The van der Waals surface area contributed by atoms with Crippen LogP contribution in [0.2, 0.25) is 0 Å². The Bertz CT molecular complexity index is 833. The molecule has 2 heterocycles. The SMILES string of the molecule is COc1cccc(N2C[C@@H](C(=O)N3CCc4ccccc43)CC2=O)c1. The fourth-order valence-electron chi connectivity index (χ4n) is 3.69. The van der Waals surface area contributed by atoms with Crippen molar-refractivity contribution in [3.05, 3.63) is 54.1 Å². The molecule has 0 N–H and O–H groups in total. The molecule has 2 amide bonds. The minimum absolute atomic E-state index is 0.0147. The number of rotatable bonds is 3. The van der Waals surface area contributed by atoms with Gasteiger partial charge in [0, 0.05) is 37.0 Å². The first kappa shape index (κ1) is 15.7. The van der Waals surface area contributed by atoms with Crippen molar-refractivity contribution in [2.24, 2.45) is 5.92 Å². The molecule has 2 aliphatic heterocycles. The van der Waals surface area contributed by atoms with E-state index in [1.807, 2.05) is 47.4 Å². The Morgan fingerprint density at radius 3 is 2.84 bits per heavy atom. The van der Waals surface area contributed by atoms with Gasteiger partial charge in [0.25, 0.3) is 0 Å². The summed E-state index contributed by atoms with van der Waals surface area (Å²) in [5.74, 6) is 0.432. The first-order valence-electron chi connectivity index (χ1n) is 8.51. The van der Waals surface area contributed by atoms with Gasteiger partial charge in [-0.1, -0.05) is 24.3 Å². The topological polar surface area (TPSA) is 49.9 Å². The highest BCUT2D eigenvalue weighted by molar-refractivity contribution is 6.05. The average Bonchev–Trinajstić information content (AvgIpc) is 3.25. The zero-order valence-corrected chi connectivity index (χ0v) is 14.1. The second kappa shape index (κ2) is 6.24. The third kappa shape index (κ3) is 2.76. The number of amides is 2. The van der Waals surface area contributed by atoms with E-state index >= 15 is 0 Å². The van der Waals surface area contributed by atoms with Gasteiger partial charge < -0.3 is 14.5 Å². The van der Waals surface area contributed by atoms with Gasteiger partial charge in [-0.3, -0.25) is 9.59 Å². The summed E-state index contributed by atoms with van der Waals surface area (Å²) in [6, 6.07) is 15.4. The van der Waals surface area contributed by atoms with Crippen LogP contribution in [0.4, 0.5) is 11.4 Å². The van der Waals surface area contributed by atoms with E-state index in [2.05, 4.69) is 6.07 Å². The molecule has 5 nitrogen and oxygen atoms in total. The van der Waals surface area contributed by atoms with Crippen LogP contribution in [0.15, 0.2) is 48.5 Å². The molecule has 5 heteroatoms. The van der Waals surface area contributed by atoms with Gasteiger partial charge >= 0.3 is 0 Å². The molecule has 0 aromatic heterocycles. The predicted octanol–water partition coefficient (Wildman–Crippen LogP) is 2.64. The van der Waals surface area contributed by atoms with Crippen LogP contribution in [-0.4, -0.2) is 32.0 Å². The number of methoxy groups -OCH3 is 1. The van der Waals surface area contributed by atoms with Crippen LogP contribution in [0, 0.1) is 5.92 Å². The van der Waals surface area contributed by atoms with Crippen LogP contribution in [0.25, 0.3) is 0 Å². The minimum Gasteiger partial charge on any atom is -0.497 e. The average molecular weight is 336 g/mol. The highest BCUT2D eigenvalue weighted by Gasteiger charge is 2.39. The van der Waals surface area contributed by atoms with Gasteiger partial charge in [-0.2, -0.15) is 0 Å². The van der Waals surface area contributed by atoms with Crippen molar-refractivity contribution in [3.8, 4) is 5.75 Å². The summed E-state index contributed by atoms with van der Waals surface area (Å²) in [4.78, 5) is 29.0. The Morgan fingerprint density at radius 2 is 2.00 bits per heavy atom. The molecule has 1 fully saturated rings. The number of ether oxygens (including phenoxy) is 1. The van der Waals surface area contributed by atoms with Crippen molar-refractivity contribution in [2.45, 2.75) is 12.8 Å². The van der Waals surface area contributed by atoms with Gasteiger partial charge in [0.2, 0.25) is 11.8 Å². The van der Waals surface area contributed by atoms with Gasteiger partial charge in [0.15, 0.2) is 0 Å². The minimum atomic E-state index is -0.301. The first-order valence-corrected chi connectivity index (χ1v) is 8.51. The number of anilines is 2. The van der Waals surface area contributed by atoms with Crippen LogP contribution in [0.5, 0.6) is 5.75 Å². The fourth-order valence-corrected chi connectivity index (χ4v) is 3.69. The van der Waals surface area contributed by atoms with E-state index in [4.69, 9.17) is 4.74 Å².